The highest BCUT2D eigenvalue weighted by Crippen LogP contribution is 2.22. The van der Waals surface area contributed by atoms with E-state index < -0.39 is 0 Å². The molecule has 6 nitrogen and oxygen atoms in total. The summed E-state index contributed by atoms with van der Waals surface area (Å²) in [5, 5.41) is 6.76. The molecule has 1 fully saturated rings. The summed E-state index contributed by atoms with van der Waals surface area (Å²) in [4.78, 5) is 19.5. The van der Waals surface area contributed by atoms with Crippen LogP contribution >= 0.6 is 11.6 Å². The highest BCUT2D eigenvalue weighted by Gasteiger charge is 2.12. The highest BCUT2D eigenvalue weighted by atomic mass is 35.5. The molecule has 0 radical (unpaired) electrons. The second-order valence-electron chi connectivity index (χ2n) is 6.54. The number of anilines is 1. The third-order valence-corrected chi connectivity index (χ3v) is 4.99. The summed E-state index contributed by atoms with van der Waals surface area (Å²) < 4.78 is 5.37. The first-order valence-electron chi connectivity index (χ1n) is 9.36. The van der Waals surface area contributed by atoms with Crippen molar-refractivity contribution in [2.45, 2.75) is 6.92 Å². The number of rotatable bonds is 5. The van der Waals surface area contributed by atoms with E-state index >= 15 is 0 Å². The Hall–Kier alpha value is -2.41. The number of carbonyl (C=O) groups excluding carboxylic acids is 1. The van der Waals surface area contributed by atoms with Gasteiger partial charge >= 0.3 is 0 Å². The van der Waals surface area contributed by atoms with Crippen LogP contribution in [0.2, 0.25) is 5.02 Å². The summed E-state index contributed by atoms with van der Waals surface area (Å²) in [5.41, 5.74) is 2.29. The van der Waals surface area contributed by atoms with Crippen molar-refractivity contribution in [3.63, 3.8) is 0 Å². The molecule has 28 heavy (non-hydrogen) atoms. The SMILES string of the molecule is Cc1c(Cl)cccc1NC(=NCCN1CCOCC1)NC(=O)c1ccccc1. The number of nitrogens with one attached hydrogen (secondary N) is 2. The zero-order valence-corrected chi connectivity index (χ0v) is 16.7. The predicted octanol–water partition coefficient (Wildman–Crippen LogP) is 3.18. The van der Waals surface area contributed by atoms with Crippen LogP contribution in [-0.4, -0.2) is 56.2 Å². The van der Waals surface area contributed by atoms with Gasteiger partial charge in [-0.25, -0.2) is 0 Å². The maximum atomic E-state index is 12.6. The third-order valence-electron chi connectivity index (χ3n) is 4.58. The van der Waals surface area contributed by atoms with Crippen LogP contribution in [0.15, 0.2) is 53.5 Å². The second-order valence-corrected chi connectivity index (χ2v) is 6.95. The van der Waals surface area contributed by atoms with Gasteiger partial charge in [0, 0.05) is 35.9 Å². The summed E-state index contributed by atoms with van der Waals surface area (Å²) in [6.07, 6.45) is 0. The number of aliphatic imine (C=N–C) groups is 1. The average Bonchev–Trinajstić information content (AvgIpc) is 2.72. The molecular formula is C21H25ClN4O2. The monoisotopic (exact) mass is 400 g/mol. The van der Waals surface area contributed by atoms with Gasteiger partial charge in [0.15, 0.2) is 0 Å². The Morgan fingerprint density at radius 1 is 1.14 bits per heavy atom. The number of guanidine groups is 1. The first-order valence-corrected chi connectivity index (χ1v) is 9.74. The molecule has 0 bridgehead atoms. The number of ether oxygens (including phenoxy) is 1. The minimum absolute atomic E-state index is 0.210. The number of halogens is 1. The van der Waals surface area contributed by atoms with E-state index in [1.807, 2.05) is 43.3 Å². The number of nitrogens with zero attached hydrogens (tertiary/aromatic N) is 2. The lowest BCUT2D eigenvalue weighted by Gasteiger charge is -2.25. The molecule has 148 valence electrons. The maximum Gasteiger partial charge on any atom is 0.257 e. The fourth-order valence-corrected chi connectivity index (χ4v) is 3.05. The molecule has 0 aliphatic carbocycles. The van der Waals surface area contributed by atoms with Crippen molar-refractivity contribution in [1.29, 1.82) is 0 Å². The topological polar surface area (TPSA) is 66.0 Å². The molecule has 3 rings (SSSR count). The molecule has 7 heteroatoms. The molecule has 2 aromatic rings. The van der Waals surface area contributed by atoms with E-state index in [-0.39, 0.29) is 5.91 Å². The molecule has 1 aliphatic rings. The fraction of sp³-hybridized carbons (Fsp3) is 0.333. The number of carbonyl (C=O) groups is 1. The molecular weight excluding hydrogens is 376 g/mol. The van der Waals surface area contributed by atoms with Crippen molar-refractivity contribution >= 4 is 29.2 Å². The first-order chi connectivity index (χ1) is 13.6. The van der Waals surface area contributed by atoms with Gasteiger partial charge in [0.2, 0.25) is 5.96 Å². The summed E-state index contributed by atoms with van der Waals surface area (Å²) in [5.74, 6) is 0.199. The van der Waals surface area contributed by atoms with Crippen LogP contribution in [0.3, 0.4) is 0 Å². The second kappa shape index (κ2) is 10.2. The largest absolute Gasteiger partial charge is 0.379 e. The van der Waals surface area contributed by atoms with Gasteiger partial charge in [0.05, 0.1) is 19.8 Å². The predicted molar refractivity (Wildman–Crippen MR) is 113 cm³/mol. The lowest BCUT2D eigenvalue weighted by molar-refractivity contribution is 0.0394. The summed E-state index contributed by atoms with van der Waals surface area (Å²) in [6.45, 7) is 6.61. The van der Waals surface area contributed by atoms with Crippen molar-refractivity contribution < 1.29 is 9.53 Å². The van der Waals surface area contributed by atoms with E-state index in [4.69, 9.17) is 16.3 Å². The molecule has 1 aliphatic heterocycles. The average molecular weight is 401 g/mol. The summed E-state index contributed by atoms with van der Waals surface area (Å²) >= 11 is 6.22. The fourth-order valence-electron chi connectivity index (χ4n) is 2.88. The Labute approximate surface area is 170 Å². The van der Waals surface area contributed by atoms with Gasteiger partial charge in [-0.2, -0.15) is 0 Å². The zero-order chi connectivity index (χ0) is 19.8. The van der Waals surface area contributed by atoms with E-state index in [0.717, 1.165) is 44.1 Å². The smallest absolute Gasteiger partial charge is 0.257 e. The number of morpholine rings is 1. The molecule has 0 spiro atoms. The molecule has 0 aromatic heterocycles. The third kappa shape index (κ3) is 5.79. The molecule has 0 atom stereocenters. The van der Waals surface area contributed by atoms with E-state index in [0.29, 0.717) is 23.1 Å². The maximum absolute atomic E-state index is 12.6. The molecule has 0 saturated carbocycles. The minimum atomic E-state index is -0.210. The minimum Gasteiger partial charge on any atom is -0.379 e. The van der Waals surface area contributed by atoms with Crippen molar-refractivity contribution in [2.75, 3.05) is 44.7 Å². The lowest BCUT2D eigenvalue weighted by Crippen LogP contribution is -2.39. The number of amides is 1. The highest BCUT2D eigenvalue weighted by molar-refractivity contribution is 6.31. The van der Waals surface area contributed by atoms with Gasteiger partial charge in [-0.05, 0) is 36.8 Å². The number of hydrogen-bond donors (Lipinski definition) is 2. The number of benzene rings is 2. The normalized spacial score (nSPS) is 15.3. The van der Waals surface area contributed by atoms with Crippen LogP contribution in [0.25, 0.3) is 0 Å². The first kappa shape index (κ1) is 20.3. The van der Waals surface area contributed by atoms with Crippen molar-refractivity contribution in [3.05, 3.63) is 64.7 Å². The molecule has 0 unspecified atom stereocenters. The molecule has 1 amide bonds. The Balaban J connectivity index is 1.71. The van der Waals surface area contributed by atoms with Crippen molar-refractivity contribution in [1.82, 2.24) is 10.2 Å². The Kier molecular flexibility index (Phi) is 7.42. The van der Waals surface area contributed by atoms with Crippen molar-refractivity contribution in [3.8, 4) is 0 Å². The summed E-state index contributed by atoms with van der Waals surface area (Å²) in [6, 6.07) is 14.7. The van der Waals surface area contributed by atoms with E-state index in [9.17, 15) is 4.79 Å². The van der Waals surface area contributed by atoms with Gasteiger partial charge in [-0.1, -0.05) is 35.9 Å². The van der Waals surface area contributed by atoms with Crippen LogP contribution in [0.5, 0.6) is 0 Å². The Bertz CT molecular complexity index is 820. The Morgan fingerprint density at radius 3 is 2.64 bits per heavy atom. The van der Waals surface area contributed by atoms with Crippen molar-refractivity contribution in [2.24, 2.45) is 4.99 Å². The van der Waals surface area contributed by atoms with Gasteiger partial charge in [0.25, 0.3) is 5.91 Å². The molecule has 2 aromatic carbocycles. The quantitative estimate of drug-likeness (QED) is 0.597. The number of hydrogen-bond acceptors (Lipinski definition) is 4. The van der Waals surface area contributed by atoms with Crippen LogP contribution in [0.4, 0.5) is 5.69 Å². The molecule has 2 N–H and O–H groups in total. The molecule has 1 heterocycles. The van der Waals surface area contributed by atoms with Crippen LogP contribution in [0.1, 0.15) is 15.9 Å². The van der Waals surface area contributed by atoms with E-state index in [1.54, 1.807) is 12.1 Å². The van der Waals surface area contributed by atoms with Crippen LogP contribution in [0, 0.1) is 6.92 Å². The lowest BCUT2D eigenvalue weighted by atomic mass is 10.2. The van der Waals surface area contributed by atoms with Crippen LogP contribution in [-0.2, 0) is 4.74 Å². The van der Waals surface area contributed by atoms with Gasteiger partial charge < -0.3 is 10.1 Å². The summed E-state index contributed by atoms with van der Waals surface area (Å²) in [7, 11) is 0. The van der Waals surface area contributed by atoms with Crippen LogP contribution < -0.4 is 10.6 Å². The Morgan fingerprint density at radius 2 is 1.89 bits per heavy atom. The molecule has 1 saturated heterocycles. The van der Waals surface area contributed by atoms with E-state index in [2.05, 4.69) is 20.5 Å². The van der Waals surface area contributed by atoms with Gasteiger partial charge in [0.1, 0.15) is 0 Å². The standard InChI is InChI=1S/C21H25ClN4O2/c1-16-18(22)8-5-9-19(16)24-21(23-10-11-26-12-14-28-15-13-26)25-20(27)17-6-3-2-4-7-17/h2-9H,10-15H2,1H3,(H2,23,24,25,27). The zero-order valence-electron chi connectivity index (χ0n) is 16.0. The van der Waals surface area contributed by atoms with E-state index in [1.165, 1.54) is 0 Å². The van der Waals surface area contributed by atoms with Gasteiger partial charge in [-0.15, -0.1) is 0 Å². The van der Waals surface area contributed by atoms with Gasteiger partial charge in [-0.3, -0.25) is 20.0 Å².